The average Bonchev–Trinajstić information content (AvgIpc) is 3.49. The summed E-state index contributed by atoms with van der Waals surface area (Å²) in [5, 5.41) is 7.86. The molecule has 0 aliphatic heterocycles. The Morgan fingerprint density at radius 3 is 2.54 bits per heavy atom. The number of carbonyl (C=O) groups is 1. The fourth-order valence-electron chi connectivity index (χ4n) is 3.46. The number of aryl methyl sites for hydroxylation is 1. The Morgan fingerprint density at radius 2 is 1.89 bits per heavy atom. The number of nitrogens with one attached hydrogen (secondary N) is 1. The number of hydrogen-bond donors (Lipinski definition) is 1. The number of halogens is 2. The molecule has 0 bridgehead atoms. The largest absolute Gasteiger partial charge is 0.345 e. The van der Waals surface area contributed by atoms with Crippen LogP contribution in [0.15, 0.2) is 54.6 Å². The van der Waals surface area contributed by atoms with E-state index in [0.29, 0.717) is 28.9 Å². The van der Waals surface area contributed by atoms with Crippen LogP contribution in [0.5, 0.6) is 0 Å². The molecule has 1 aromatic heterocycles. The van der Waals surface area contributed by atoms with E-state index in [2.05, 4.69) is 10.4 Å². The molecule has 28 heavy (non-hydrogen) atoms. The first-order valence-electron chi connectivity index (χ1n) is 9.36. The maximum atomic E-state index is 13.1. The number of amides is 1. The molecule has 144 valence electrons. The van der Waals surface area contributed by atoms with Crippen molar-refractivity contribution in [3.05, 3.63) is 88.0 Å². The molecular weight excluding hydrogens is 377 g/mol. The van der Waals surface area contributed by atoms with Gasteiger partial charge < -0.3 is 5.32 Å². The normalized spacial score (nSPS) is 14.7. The summed E-state index contributed by atoms with van der Waals surface area (Å²) in [4.78, 5) is 13.0. The van der Waals surface area contributed by atoms with Gasteiger partial charge in [0.05, 0.1) is 23.8 Å². The number of benzene rings is 2. The van der Waals surface area contributed by atoms with Gasteiger partial charge in [0, 0.05) is 0 Å². The second kappa shape index (κ2) is 7.76. The minimum absolute atomic E-state index is 0.0235. The molecule has 0 saturated heterocycles. The molecule has 1 aliphatic rings. The highest BCUT2D eigenvalue weighted by Crippen LogP contribution is 2.41. The van der Waals surface area contributed by atoms with Crippen molar-refractivity contribution in [2.24, 2.45) is 5.92 Å². The van der Waals surface area contributed by atoms with Crippen LogP contribution in [-0.4, -0.2) is 15.7 Å². The number of rotatable bonds is 6. The number of carbonyl (C=O) groups excluding carboxylic acids is 1. The van der Waals surface area contributed by atoms with E-state index in [4.69, 9.17) is 11.6 Å². The molecule has 4 nitrogen and oxygen atoms in total. The smallest absolute Gasteiger partial charge is 0.256 e. The summed E-state index contributed by atoms with van der Waals surface area (Å²) in [6.07, 6.45) is 2.22. The van der Waals surface area contributed by atoms with Gasteiger partial charge in [-0.15, -0.1) is 0 Å². The van der Waals surface area contributed by atoms with E-state index in [-0.39, 0.29) is 17.8 Å². The highest BCUT2D eigenvalue weighted by Gasteiger charge is 2.34. The molecule has 1 amide bonds. The van der Waals surface area contributed by atoms with E-state index in [0.717, 1.165) is 24.0 Å². The molecule has 6 heteroatoms. The molecule has 1 aliphatic carbocycles. The molecule has 0 spiro atoms. The highest BCUT2D eigenvalue weighted by atomic mass is 35.5. The summed E-state index contributed by atoms with van der Waals surface area (Å²) >= 11 is 6.50. The van der Waals surface area contributed by atoms with Crippen molar-refractivity contribution in [1.29, 1.82) is 0 Å². The van der Waals surface area contributed by atoms with E-state index in [9.17, 15) is 9.18 Å². The highest BCUT2D eigenvalue weighted by molar-refractivity contribution is 6.33. The fourth-order valence-corrected chi connectivity index (χ4v) is 3.78. The van der Waals surface area contributed by atoms with Crippen molar-refractivity contribution in [2.75, 3.05) is 0 Å². The Morgan fingerprint density at radius 1 is 1.21 bits per heavy atom. The summed E-state index contributed by atoms with van der Waals surface area (Å²) in [5.74, 6) is -0.0492. The van der Waals surface area contributed by atoms with Crippen LogP contribution in [0.25, 0.3) is 0 Å². The number of hydrogen-bond acceptors (Lipinski definition) is 2. The van der Waals surface area contributed by atoms with Crippen molar-refractivity contribution in [3.8, 4) is 0 Å². The lowest BCUT2D eigenvalue weighted by atomic mass is 10.0. The molecule has 1 heterocycles. The van der Waals surface area contributed by atoms with E-state index < -0.39 is 0 Å². The van der Waals surface area contributed by atoms with Crippen LogP contribution in [-0.2, 0) is 6.54 Å². The van der Waals surface area contributed by atoms with Crippen molar-refractivity contribution in [1.82, 2.24) is 15.1 Å². The number of nitrogens with zero attached hydrogens (tertiary/aromatic N) is 2. The van der Waals surface area contributed by atoms with Crippen LogP contribution in [0.1, 0.15) is 46.1 Å². The lowest BCUT2D eigenvalue weighted by Crippen LogP contribution is -2.30. The van der Waals surface area contributed by atoms with E-state index in [1.807, 2.05) is 30.3 Å². The first kappa shape index (κ1) is 18.7. The standard InChI is InChI=1S/C22H21ClFN3O/c1-14-19(21(23)27(26-14)13-15-7-11-18(24)12-8-15)22(28)25-20(17-9-10-17)16-5-3-2-4-6-16/h2-8,11-12,17,20H,9-10,13H2,1H3,(H,25,28). The SMILES string of the molecule is Cc1nn(Cc2ccc(F)cc2)c(Cl)c1C(=O)NC(c1ccccc1)C1CC1. The third-order valence-electron chi connectivity index (χ3n) is 5.08. The molecular formula is C22H21ClFN3O. The summed E-state index contributed by atoms with van der Waals surface area (Å²) in [6, 6.07) is 16.1. The first-order valence-corrected chi connectivity index (χ1v) is 9.74. The lowest BCUT2D eigenvalue weighted by molar-refractivity contribution is 0.0931. The van der Waals surface area contributed by atoms with Gasteiger partial charge in [-0.3, -0.25) is 4.79 Å². The Bertz CT molecular complexity index is 981. The molecule has 2 aromatic carbocycles. The van der Waals surface area contributed by atoms with Crippen molar-refractivity contribution < 1.29 is 9.18 Å². The van der Waals surface area contributed by atoms with E-state index in [1.54, 1.807) is 23.7 Å². The Balaban J connectivity index is 1.55. The lowest BCUT2D eigenvalue weighted by Gasteiger charge is -2.18. The van der Waals surface area contributed by atoms with Crippen LogP contribution in [0.3, 0.4) is 0 Å². The third-order valence-corrected chi connectivity index (χ3v) is 5.46. The molecule has 3 aromatic rings. The summed E-state index contributed by atoms with van der Waals surface area (Å²) in [5.41, 5.74) is 2.93. The zero-order valence-electron chi connectivity index (χ0n) is 15.5. The molecule has 4 rings (SSSR count). The van der Waals surface area contributed by atoms with Gasteiger partial charge in [0.15, 0.2) is 0 Å². The van der Waals surface area contributed by atoms with Gasteiger partial charge in [0.25, 0.3) is 5.91 Å². The van der Waals surface area contributed by atoms with Gasteiger partial charge >= 0.3 is 0 Å². The molecule has 1 N–H and O–H groups in total. The minimum Gasteiger partial charge on any atom is -0.345 e. The zero-order chi connectivity index (χ0) is 19.7. The Kier molecular flexibility index (Phi) is 5.18. The van der Waals surface area contributed by atoms with Crippen molar-refractivity contribution >= 4 is 17.5 Å². The monoisotopic (exact) mass is 397 g/mol. The van der Waals surface area contributed by atoms with Crippen LogP contribution >= 0.6 is 11.6 Å². The fraction of sp³-hybridized carbons (Fsp3) is 0.273. The van der Waals surface area contributed by atoms with Gasteiger partial charge in [-0.25, -0.2) is 9.07 Å². The second-order valence-electron chi connectivity index (χ2n) is 7.23. The van der Waals surface area contributed by atoms with Gasteiger partial charge in [-0.05, 0) is 48.9 Å². The van der Waals surface area contributed by atoms with Gasteiger partial charge in [0.1, 0.15) is 11.0 Å². The quantitative estimate of drug-likeness (QED) is 0.642. The molecule has 1 saturated carbocycles. The van der Waals surface area contributed by atoms with Gasteiger partial charge in [0.2, 0.25) is 0 Å². The van der Waals surface area contributed by atoms with Crippen LogP contribution < -0.4 is 5.32 Å². The van der Waals surface area contributed by atoms with Crippen LogP contribution in [0.2, 0.25) is 5.15 Å². The molecule has 1 fully saturated rings. The Hall–Kier alpha value is -2.66. The minimum atomic E-state index is -0.293. The molecule has 1 atom stereocenters. The zero-order valence-corrected chi connectivity index (χ0v) is 16.3. The maximum absolute atomic E-state index is 13.1. The van der Waals surface area contributed by atoms with Crippen LogP contribution in [0.4, 0.5) is 4.39 Å². The molecule has 0 radical (unpaired) electrons. The second-order valence-corrected chi connectivity index (χ2v) is 7.59. The summed E-state index contributed by atoms with van der Waals surface area (Å²) in [6.45, 7) is 2.15. The third kappa shape index (κ3) is 3.94. The topological polar surface area (TPSA) is 46.9 Å². The van der Waals surface area contributed by atoms with Crippen molar-refractivity contribution in [3.63, 3.8) is 0 Å². The number of aromatic nitrogens is 2. The van der Waals surface area contributed by atoms with Gasteiger partial charge in [-0.2, -0.15) is 5.10 Å². The van der Waals surface area contributed by atoms with Crippen molar-refractivity contribution in [2.45, 2.75) is 32.4 Å². The Labute approximate surface area is 168 Å². The van der Waals surface area contributed by atoms with Gasteiger partial charge in [-0.1, -0.05) is 54.1 Å². The summed E-state index contributed by atoms with van der Waals surface area (Å²) in [7, 11) is 0. The molecule has 1 unspecified atom stereocenters. The van der Waals surface area contributed by atoms with Crippen LogP contribution in [0, 0.1) is 18.7 Å². The van der Waals surface area contributed by atoms with E-state index >= 15 is 0 Å². The average molecular weight is 398 g/mol. The van der Waals surface area contributed by atoms with E-state index in [1.165, 1.54) is 12.1 Å². The maximum Gasteiger partial charge on any atom is 0.256 e. The predicted molar refractivity (Wildman–Crippen MR) is 107 cm³/mol. The first-order chi connectivity index (χ1) is 13.5. The summed E-state index contributed by atoms with van der Waals surface area (Å²) < 4.78 is 14.7. The predicted octanol–water partition coefficient (Wildman–Crippen LogP) is 4.91.